The summed E-state index contributed by atoms with van der Waals surface area (Å²) in [7, 11) is 0. The molecule has 1 heterocycles. The van der Waals surface area contributed by atoms with Crippen LogP contribution < -0.4 is 0 Å². The molecule has 0 saturated heterocycles. The number of Topliss-reactive ketones (excluding diaryl/α,β-unsaturated/α-hetero) is 1. The van der Waals surface area contributed by atoms with E-state index in [9.17, 15) is 18.0 Å². The van der Waals surface area contributed by atoms with Crippen molar-refractivity contribution < 1.29 is 23.1 Å². The standard InChI is InChI=1S/C17H13F3N2O2.CH4/c18-17(19,20)16-21-13-3-1-2-4-14(13)22(16)9-11-5-7-12(8-6-11)15(24)10-23;/h1-8,23H,9-10H2;1H4. The van der Waals surface area contributed by atoms with Crippen molar-refractivity contribution in [1.29, 1.82) is 0 Å². The highest BCUT2D eigenvalue weighted by molar-refractivity contribution is 5.96. The number of aliphatic hydroxyl groups excluding tert-OH is 1. The molecule has 7 heteroatoms. The SMILES string of the molecule is C.O=C(CO)c1ccc(Cn2c(C(F)(F)F)nc3ccccc32)cc1. The summed E-state index contributed by atoms with van der Waals surface area (Å²) in [6.45, 7) is -0.632. The molecular weight excluding hydrogens is 333 g/mol. The maximum absolute atomic E-state index is 13.2. The average Bonchev–Trinajstić information content (AvgIpc) is 2.94. The highest BCUT2D eigenvalue weighted by Crippen LogP contribution is 2.32. The van der Waals surface area contributed by atoms with Crippen molar-refractivity contribution >= 4 is 16.8 Å². The molecule has 132 valence electrons. The molecular formula is C18H17F3N2O2. The quantitative estimate of drug-likeness (QED) is 0.726. The zero-order valence-electron chi connectivity index (χ0n) is 12.4. The van der Waals surface area contributed by atoms with Crippen molar-refractivity contribution in [2.45, 2.75) is 20.1 Å². The van der Waals surface area contributed by atoms with Crippen molar-refractivity contribution in [2.24, 2.45) is 0 Å². The summed E-state index contributed by atoms with van der Waals surface area (Å²) < 4.78 is 40.9. The number of halogens is 3. The van der Waals surface area contributed by atoms with E-state index in [2.05, 4.69) is 4.98 Å². The zero-order chi connectivity index (χ0) is 17.3. The number of carbonyl (C=O) groups excluding carboxylic acids is 1. The van der Waals surface area contributed by atoms with Crippen molar-refractivity contribution in [3.05, 3.63) is 65.5 Å². The largest absolute Gasteiger partial charge is 0.449 e. The fourth-order valence-electron chi connectivity index (χ4n) is 2.52. The summed E-state index contributed by atoms with van der Waals surface area (Å²) in [4.78, 5) is 15.1. The molecule has 0 bridgehead atoms. The van der Waals surface area contributed by atoms with E-state index < -0.39 is 24.4 Å². The van der Waals surface area contributed by atoms with Crippen LogP contribution in [0.3, 0.4) is 0 Å². The van der Waals surface area contributed by atoms with Gasteiger partial charge in [-0.3, -0.25) is 4.79 Å². The fraction of sp³-hybridized carbons (Fsp3) is 0.222. The number of para-hydroxylation sites is 2. The lowest BCUT2D eigenvalue weighted by molar-refractivity contribution is -0.146. The van der Waals surface area contributed by atoms with Gasteiger partial charge in [0.25, 0.3) is 0 Å². The lowest BCUT2D eigenvalue weighted by Crippen LogP contribution is -2.15. The number of aliphatic hydroxyl groups is 1. The summed E-state index contributed by atoms with van der Waals surface area (Å²) in [6, 6.07) is 12.5. The minimum atomic E-state index is -4.56. The lowest BCUT2D eigenvalue weighted by Gasteiger charge is -2.12. The Hall–Kier alpha value is -2.67. The van der Waals surface area contributed by atoms with Gasteiger partial charge in [-0.05, 0) is 17.7 Å². The Labute approximate surface area is 142 Å². The number of carbonyl (C=O) groups is 1. The minimum Gasteiger partial charge on any atom is -0.388 e. The molecule has 0 aliphatic rings. The van der Waals surface area contributed by atoms with Crippen LogP contribution in [-0.4, -0.2) is 27.0 Å². The second-order valence-corrected chi connectivity index (χ2v) is 5.29. The Kier molecular flexibility index (Phi) is 5.27. The molecule has 0 aliphatic heterocycles. The van der Waals surface area contributed by atoms with Crippen LogP contribution in [0.2, 0.25) is 0 Å². The maximum Gasteiger partial charge on any atom is 0.449 e. The monoisotopic (exact) mass is 350 g/mol. The number of ketones is 1. The second-order valence-electron chi connectivity index (χ2n) is 5.29. The van der Waals surface area contributed by atoms with Crippen LogP contribution in [0.1, 0.15) is 29.2 Å². The summed E-state index contributed by atoms with van der Waals surface area (Å²) in [5, 5.41) is 8.82. The van der Waals surface area contributed by atoms with Gasteiger partial charge in [-0.1, -0.05) is 43.8 Å². The third kappa shape index (κ3) is 3.71. The van der Waals surface area contributed by atoms with E-state index in [1.165, 1.54) is 18.2 Å². The van der Waals surface area contributed by atoms with E-state index in [0.29, 0.717) is 16.6 Å². The molecule has 3 rings (SSSR count). The first-order valence-electron chi connectivity index (χ1n) is 7.15. The maximum atomic E-state index is 13.2. The van der Waals surface area contributed by atoms with Gasteiger partial charge in [0, 0.05) is 12.1 Å². The molecule has 0 unspecified atom stereocenters. The van der Waals surface area contributed by atoms with Gasteiger partial charge >= 0.3 is 6.18 Å². The number of benzene rings is 2. The Morgan fingerprint density at radius 3 is 2.32 bits per heavy atom. The molecule has 2 aromatic carbocycles. The molecule has 4 nitrogen and oxygen atoms in total. The van der Waals surface area contributed by atoms with E-state index in [4.69, 9.17) is 5.11 Å². The van der Waals surface area contributed by atoms with Crippen molar-refractivity contribution in [1.82, 2.24) is 9.55 Å². The number of fused-ring (bicyclic) bond motifs is 1. The molecule has 0 radical (unpaired) electrons. The number of aromatic nitrogens is 2. The first-order valence-corrected chi connectivity index (χ1v) is 7.15. The Morgan fingerprint density at radius 1 is 1.08 bits per heavy atom. The van der Waals surface area contributed by atoms with Crippen LogP contribution in [0, 0.1) is 0 Å². The molecule has 0 amide bonds. The second kappa shape index (κ2) is 7.06. The number of nitrogens with zero attached hydrogens (tertiary/aromatic N) is 2. The first kappa shape index (κ1) is 18.7. The smallest absolute Gasteiger partial charge is 0.388 e. The van der Waals surface area contributed by atoms with Crippen molar-refractivity contribution in [3.63, 3.8) is 0 Å². The van der Waals surface area contributed by atoms with Crippen LogP contribution in [0.5, 0.6) is 0 Å². The predicted octanol–water partition coefficient (Wildman–Crippen LogP) is 3.91. The van der Waals surface area contributed by atoms with Crippen LogP contribution in [-0.2, 0) is 12.7 Å². The zero-order valence-corrected chi connectivity index (χ0v) is 12.4. The molecule has 0 aliphatic carbocycles. The molecule has 25 heavy (non-hydrogen) atoms. The molecule has 0 fully saturated rings. The summed E-state index contributed by atoms with van der Waals surface area (Å²) in [5.74, 6) is -1.40. The molecule has 0 atom stereocenters. The van der Waals surface area contributed by atoms with Gasteiger partial charge in [-0.15, -0.1) is 0 Å². The first-order chi connectivity index (χ1) is 11.4. The number of alkyl halides is 3. The number of hydrogen-bond donors (Lipinski definition) is 1. The highest BCUT2D eigenvalue weighted by Gasteiger charge is 2.37. The van der Waals surface area contributed by atoms with E-state index in [0.717, 1.165) is 4.57 Å². The normalized spacial score (nSPS) is 11.4. The van der Waals surface area contributed by atoms with Crippen molar-refractivity contribution in [3.8, 4) is 0 Å². The van der Waals surface area contributed by atoms with Gasteiger partial charge < -0.3 is 9.67 Å². The van der Waals surface area contributed by atoms with Gasteiger partial charge in [-0.2, -0.15) is 13.2 Å². The number of imidazole rings is 1. The van der Waals surface area contributed by atoms with Crippen LogP contribution in [0.4, 0.5) is 13.2 Å². The average molecular weight is 350 g/mol. The fourth-order valence-corrected chi connectivity index (χ4v) is 2.52. The van der Waals surface area contributed by atoms with Gasteiger partial charge in [-0.25, -0.2) is 4.98 Å². The van der Waals surface area contributed by atoms with Gasteiger partial charge in [0.1, 0.15) is 6.61 Å². The van der Waals surface area contributed by atoms with Gasteiger partial charge in [0.05, 0.1) is 11.0 Å². The van der Waals surface area contributed by atoms with E-state index in [-0.39, 0.29) is 19.5 Å². The lowest BCUT2D eigenvalue weighted by atomic mass is 10.1. The van der Waals surface area contributed by atoms with Gasteiger partial charge in [0.15, 0.2) is 5.78 Å². The van der Waals surface area contributed by atoms with Crippen LogP contribution >= 0.6 is 0 Å². The summed E-state index contributed by atoms with van der Waals surface area (Å²) in [5.41, 5.74) is 1.57. The Bertz CT molecular complexity index is 883. The number of hydrogen-bond acceptors (Lipinski definition) is 3. The third-order valence-electron chi connectivity index (χ3n) is 3.67. The molecule has 3 aromatic rings. The third-order valence-corrected chi connectivity index (χ3v) is 3.67. The highest BCUT2D eigenvalue weighted by atomic mass is 19.4. The van der Waals surface area contributed by atoms with E-state index in [1.807, 2.05) is 0 Å². The molecule has 0 spiro atoms. The minimum absolute atomic E-state index is 0. The van der Waals surface area contributed by atoms with Crippen LogP contribution in [0.15, 0.2) is 48.5 Å². The Balaban J connectivity index is 0.00000225. The predicted molar refractivity (Wildman–Crippen MR) is 88.4 cm³/mol. The topological polar surface area (TPSA) is 55.1 Å². The summed E-state index contributed by atoms with van der Waals surface area (Å²) >= 11 is 0. The Morgan fingerprint density at radius 2 is 1.72 bits per heavy atom. The van der Waals surface area contributed by atoms with Crippen LogP contribution in [0.25, 0.3) is 11.0 Å². The van der Waals surface area contributed by atoms with E-state index >= 15 is 0 Å². The number of rotatable bonds is 4. The molecule has 1 aromatic heterocycles. The van der Waals surface area contributed by atoms with Crippen molar-refractivity contribution in [2.75, 3.05) is 6.61 Å². The molecule has 1 N–H and O–H groups in total. The summed E-state index contributed by atoms with van der Waals surface area (Å²) in [6.07, 6.45) is -4.56. The van der Waals surface area contributed by atoms with Gasteiger partial charge in [0.2, 0.25) is 5.82 Å². The molecule has 0 saturated carbocycles. The van der Waals surface area contributed by atoms with E-state index in [1.54, 1.807) is 30.3 Å².